The van der Waals surface area contributed by atoms with Gasteiger partial charge in [0.15, 0.2) is 5.69 Å². The molecule has 3 rings (SSSR count). The molecule has 0 spiro atoms. The normalized spacial score (nSPS) is 10.8. The van der Waals surface area contributed by atoms with Gasteiger partial charge in [0.25, 0.3) is 5.91 Å². The van der Waals surface area contributed by atoms with E-state index >= 15 is 0 Å². The molecular formula is C14H10BrClN4O. The van der Waals surface area contributed by atoms with Crippen molar-refractivity contribution in [2.75, 3.05) is 11.1 Å². The number of amides is 1. The van der Waals surface area contributed by atoms with Gasteiger partial charge in [-0.05, 0) is 36.4 Å². The molecule has 0 aliphatic rings. The van der Waals surface area contributed by atoms with Gasteiger partial charge in [-0.25, -0.2) is 0 Å². The van der Waals surface area contributed by atoms with E-state index < -0.39 is 0 Å². The Bertz CT molecular complexity index is 846. The highest BCUT2D eigenvalue weighted by Gasteiger charge is 2.15. The van der Waals surface area contributed by atoms with E-state index in [1.807, 2.05) is 0 Å². The number of aromatic nitrogens is 2. The summed E-state index contributed by atoms with van der Waals surface area (Å²) < 4.78 is 0.837. The Morgan fingerprint density at radius 2 is 2.10 bits per heavy atom. The maximum atomic E-state index is 12.3. The van der Waals surface area contributed by atoms with E-state index in [9.17, 15) is 4.79 Å². The number of carbonyl (C=O) groups excluding carboxylic acids is 1. The van der Waals surface area contributed by atoms with Crippen LogP contribution in [0.1, 0.15) is 10.5 Å². The van der Waals surface area contributed by atoms with Crippen LogP contribution in [-0.4, -0.2) is 16.1 Å². The van der Waals surface area contributed by atoms with Gasteiger partial charge in [-0.15, -0.1) is 0 Å². The number of H-pyrrole nitrogens is 1. The molecule has 0 radical (unpaired) electrons. The fraction of sp³-hybridized carbons (Fsp3) is 0. The number of hydrogen-bond donors (Lipinski definition) is 3. The van der Waals surface area contributed by atoms with Crippen LogP contribution in [0.5, 0.6) is 0 Å². The van der Waals surface area contributed by atoms with E-state index in [2.05, 4.69) is 31.4 Å². The van der Waals surface area contributed by atoms with E-state index in [0.717, 1.165) is 9.99 Å². The van der Waals surface area contributed by atoms with Gasteiger partial charge in [0.05, 0.1) is 16.2 Å². The number of fused-ring (bicyclic) bond motifs is 1. The fourth-order valence-electron chi connectivity index (χ4n) is 1.98. The molecule has 4 N–H and O–H groups in total. The first-order chi connectivity index (χ1) is 10.0. The van der Waals surface area contributed by atoms with Crippen LogP contribution in [0, 0.1) is 0 Å². The number of nitrogens with zero attached hydrogens (tertiary/aromatic N) is 1. The largest absolute Gasteiger partial charge is 0.399 e. The zero-order valence-electron chi connectivity index (χ0n) is 10.7. The van der Waals surface area contributed by atoms with Crippen molar-refractivity contribution in [1.82, 2.24) is 10.2 Å². The number of halogens is 2. The van der Waals surface area contributed by atoms with Crippen LogP contribution in [0.25, 0.3) is 10.9 Å². The molecule has 2 aromatic carbocycles. The Morgan fingerprint density at radius 3 is 2.86 bits per heavy atom. The van der Waals surface area contributed by atoms with Crippen LogP contribution in [0.15, 0.2) is 40.9 Å². The second-order valence-electron chi connectivity index (χ2n) is 4.46. The van der Waals surface area contributed by atoms with Crippen molar-refractivity contribution in [3.63, 3.8) is 0 Å². The van der Waals surface area contributed by atoms with Crippen LogP contribution in [-0.2, 0) is 0 Å². The molecule has 1 aromatic heterocycles. The van der Waals surface area contributed by atoms with E-state index in [1.165, 1.54) is 0 Å². The molecule has 106 valence electrons. The zero-order valence-corrected chi connectivity index (χ0v) is 13.0. The predicted octanol–water partition coefficient (Wildman–Crippen LogP) is 3.81. The van der Waals surface area contributed by atoms with Gasteiger partial charge in [-0.3, -0.25) is 9.89 Å². The maximum Gasteiger partial charge on any atom is 0.276 e. The van der Waals surface area contributed by atoms with Gasteiger partial charge >= 0.3 is 0 Å². The van der Waals surface area contributed by atoms with Crippen molar-refractivity contribution in [2.24, 2.45) is 0 Å². The molecule has 21 heavy (non-hydrogen) atoms. The van der Waals surface area contributed by atoms with Crippen LogP contribution >= 0.6 is 27.5 Å². The predicted molar refractivity (Wildman–Crippen MR) is 87.6 cm³/mol. The average Bonchev–Trinajstić information content (AvgIpc) is 2.85. The monoisotopic (exact) mass is 364 g/mol. The van der Waals surface area contributed by atoms with Gasteiger partial charge < -0.3 is 11.1 Å². The van der Waals surface area contributed by atoms with E-state index in [0.29, 0.717) is 21.8 Å². The first kappa shape index (κ1) is 13.9. The van der Waals surface area contributed by atoms with Gasteiger partial charge in [0.1, 0.15) is 0 Å². The van der Waals surface area contributed by atoms with Crippen LogP contribution < -0.4 is 11.1 Å². The summed E-state index contributed by atoms with van der Waals surface area (Å²) >= 11 is 9.40. The van der Waals surface area contributed by atoms with E-state index in [1.54, 1.807) is 36.4 Å². The number of nitrogens with two attached hydrogens (primary N) is 1. The third kappa shape index (κ3) is 2.72. The molecular weight excluding hydrogens is 356 g/mol. The third-order valence-electron chi connectivity index (χ3n) is 2.98. The SMILES string of the molecule is Nc1ccc2[nH]nc(C(=O)Nc3ccc(Br)cc3Cl)c2c1. The van der Waals surface area contributed by atoms with Crippen molar-refractivity contribution in [1.29, 1.82) is 0 Å². The number of benzene rings is 2. The van der Waals surface area contributed by atoms with Gasteiger partial charge in [0, 0.05) is 15.5 Å². The molecule has 7 heteroatoms. The Kier molecular flexibility index (Phi) is 3.57. The number of rotatable bonds is 2. The second-order valence-corrected chi connectivity index (χ2v) is 5.78. The molecule has 0 aliphatic heterocycles. The van der Waals surface area contributed by atoms with Crippen molar-refractivity contribution in [3.05, 3.63) is 51.6 Å². The molecule has 1 heterocycles. The maximum absolute atomic E-state index is 12.3. The highest BCUT2D eigenvalue weighted by molar-refractivity contribution is 9.10. The lowest BCUT2D eigenvalue weighted by Gasteiger charge is -2.06. The summed E-state index contributed by atoms with van der Waals surface area (Å²) in [6.45, 7) is 0. The minimum absolute atomic E-state index is 0.274. The highest BCUT2D eigenvalue weighted by atomic mass is 79.9. The lowest BCUT2D eigenvalue weighted by Crippen LogP contribution is -2.13. The lowest BCUT2D eigenvalue weighted by molar-refractivity contribution is 0.102. The molecule has 0 saturated heterocycles. The second kappa shape index (κ2) is 5.38. The van der Waals surface area contributed by atoms with Gasteiger partial charge in [-0.2, -0.15) is 5.10 Å². The summed E-state index contributed by atoms with van der Waals surface area (Å²) in [5.41, 5.74) is 7.85. The summed E-state index contributed by atoms with van der Waals surface area (Å²) in [5, 5.41) is 10.7. The Morgan fingerprint density at radius 1 is 1.29 bits per heavy atom. The van der Waals surface area contributed by atoms with Crippen LogP contribution in [0.2, 0.25) is 5.02 Å². The number of anilines is 2. The quantitative estimate of drug-likeness (QED) is 0.604. The topological polar surface area (TPSA) is 83.8 Å². The molecule has 0 fully saturated rings. The molecule has 0 unspecified atom stereocenters. The number of nitrogens with one attached hydrogen (secondary N) is 2. The molecule has 1 amide bonds. The van der Waals surface area contributed by atoms with Crippen molar-refractivity contribution in [2.45, 2.75) is 0 Å². The van der Waals surface area contributed by atoms with Crippen molar-refractivity contribution < 1.29 is 4.79 Å². The minimum Gasteiger partial charge on any atom is -0.399 e. The fourth-order valence-corrected chi connectivity index (χ4v) is 2.70. The molecule has 0 atom stereocenters. The van der Waals surface area contributed by atoms with Crippen LogP contribution in [0.4, 0.5) is 11.4 Å². The van der Waals surface area contributed by atoms with Gasteiger partial charge in [-0.1, -0.05) is 27.5 Å². The Labute approximate surface area is 133 Å². The summed E-state index contributed by atoms with van der Waals surface area (Å²) in [4.78, 5) is 12.3. The number of hydrogen-bond acceptors (Lipinski definition) is 3. The Balaban J connectivity index is 1.95. The van der Waals surface area contributed by atoms with Crippen molar-refractivity contribution >= 4 is 55.7 Å². The third-order valence-corrected chi connectivity index (χ3v) is 3.79. The summed E-state index contributed by atoms with van der Waals surface area (Å²) in [6, 6.07) is 10.4. The standard InChI is InChI=1S/C14H10BrClN4O/c15-7-1-3-12(10(16)5-7)18-14(21)13-9-6-8(17)2-4-11(9)19-20-13/h1-6H,17H2,(H,18,21)(H,19,20). The average molecular weight is 366 g/mol. The first-order valence-electron chi connectivity index (χ1n) is 6.04. The molecule has 3 aromatic rings. The molecule has 0 aliphatic carbocycles. The summed E-state index contributed by atoms with van der Waals surface area (Å²) in [5.74, 6) is -0.351. The molecule has 5 nitrogen and oxygen atoms in total. The number of nitrogen functional groups attached to an aromatic ring is 1. The number of aromatic amines is 1. The number of carbonyl (C=O) groups is 1. The Hall–Kier alpha value is -2.05. The van der Waals surface area contributed by atoms with Gasteiger partial charge in [0.2, 0.25) is 0 Å². The lowest BCUT2D eigenvalue weighted by atomic mass is 10.2. The molecule has 0 bridgehead atoms. The minimum atomic E-state index is -0.351. The van der Waals surface area contributed by atoms with Crippen LogP contribution in [0.3, 0.4) is 0 Å². The highest BCUT2D eigenvalue weighted by Crippen LogP contribution is 2.27. The molecule has 0 saturated carbocycles. The zero-order chi connectivity index (χ0) is 15.0. The smallest absolute Gasteiger partial charge is 0.276 e. The summed E-state index contributed by atoms with van der Waals surface area (Å²) in [7, 11) is 0. The summed E-state index contributed by atoms with van der Waals surface area (Å²) in [6.07, 6.45) is 0. The van der Waals surface area contributed by atoms with Crippen molar-refractivity contribution in [3.8, 4) is 0 Å². The van der Waals surface area contributed by atoms with E-state index in [4.69, 9.17) is 17.3 Å². The first-order valence-corrected chi connectivity index (χ1v) is 7.22. The van der Waals surface area contributed by atoms with E-state index in [-0.39, 0.29) is 11.6 Å².